The number of nitrogens with zero attached hydrogens (tertiary/aromatic N) is 1. The molecular formula is C6H10N2O. The summed E-state index contributed by atoms with van der Waals surface area (Å²) in [5, 5.41) is 3.61. The van der Waals surface area contributed by atoms with E-state index in [1.807, 2.05) is 6.92 Å². The Morgan fingerprint density at radius 1 is 1.78 bits per heavy atom. The number of nitrogens with two attached hydrogens (primary N) is 1. The maximum absolute atomic E-state index is 5.37. The van der Waals surface area contributed by atoms with Crippen molar-refractivity contribution in [3.63, 3.8) is 0 Å². The smallest absolute Gasteiger partial charge is 0.140 e. The number of aromatic nitrogens is 1. The van der Waals surface area contributed by atoms with Crippen LogP contribution in [0.15, 0.2) is 10.7 Å². The number of hydrogen-bond acceptors (Lipinski definition) is 3. The van der Waals surface area contributed by atoms with Crippen molar-refractivity contribution in [2.75, 3.05) is 0 Å². The van der Waals surface area contributed by atoms with Gasteiger partial charge in [-0.25, -0.2) is 0 Å². The Morgan fingerprint density at radius 2 is 2.56 bits per heavy atom. The molecule has 1 aromatic rings. The predicted octanol–water partition coefficient (Wildman–Crippen LogP) is 0.696. The highest BCUT2D eigenvalue weighted by atomic mass is 16.5. The van der Waals surface area contributed by atoms with Gasteiger partial charge in [0.25, 0.3) is 0 Å². The molecule has 0 unspecified atom stereocenters. The molecule has 0 aliphatic heterocycles. The maximum Gasteiger partial charge on any atom is 0.140 e. The molecular weight excluding hydrogens is 116 g/mol. The summed E-state index contributed by atoms with van der Waals surface area (Å²) in [4.78, 5) is 0. The fraction of sp³-hybridized carbons (Fsp3) is 0.500. The van der Waals surface area contributed by atoms with Gasteiger partial charge < -0.3 is 10.3 Å². The van der Waals surface area contributed by atoms with Gasteiger partial charge >= 0.3 is 0 Å². The molecule has 0 aliphatic rings. The zero-order valence-electron chi connectivity index (χ0n) is 5.42. The highest BCUT2D eigenvalue weighted by Crippen LogP contribution is 2.06. The lowest BCUT2D eigenvalue weighted by Crippen LogP contribution is -1.96. The molecule has 0 atom stereocenters. The lowest BCUT2D eigenvalue weighted by Gasteiger charge is -1.89. The van der Waals surface area contributed by atoms with Gasteiger partial charge in [-0.1, -0.05) is 12.1 Å². The van der Waals surface area contributed by atoms with Gasteiger partial charge in [0.15, 0.2) is 0 Å². The largest absolute Gasteiger partial charge is 0.361 e. The van der Waals surface area contributed by atoms with E-state index in [-0.39, 0.29) is 0 Å². The molecule has 2 N–H and O–H groups in total. The van der Waals surface area contributed by atoms with Crippen molar-refractivity contribution in [2.45, 2.75) is 19.9 Å². The van der Waals surface area contributed by atoms with Crippen LogP contribution in [0.2, 0.25) is 0 Å². The summed E-state index contributed by atoms with van der Waals surface area (Å²) in [6.07, 6.45) is 2.53. The minimum atomic E-state index is 0.521. The van der Waals surface area contributed by atoms with E-state index in [9.17, 15) is 0 Å². The Balaban J connectivity index is 2.85. The molecule has 1 aromatic heterocycles. The molecule has 0 saturated carbocycles. The second kappa shape index (κ2) is 2.64. The topological polar surface area (TPSA) is 52.0 Å². The lowest BCUT2D eigenvalue weighted by molar-refractivity contribution is 0.385. The molecule has 50 valence electrons. The van der Waals surface area contributed by atoms with Crippen LogP contribution in [-0.4, -0.2) is 5.16 Å². The molecule has 0 saturated heterocycles. The third-order valence-electron chi connectivity index (χ3n) is 1.27. The van der Waals surface area contributed by atoms with Gasteiger partial charge in [-0.15, -0.1) is 0 Å². The summed E-state index contributed by atoms with van der Waals surface area (Å²) in [6, 6.07) is 0. The normalized spacial score (nSPS) is 10.0. The van der Waals surface area contributed by atoms with Crippen molar-refractivity contribution in [1.82, 2.24) is 5.16 Å². The first-order chi connectivity index (χ1) is 4.38. The molecule has 1 heterocycles. The summed E-state index contributed by atoms with van der Waals surface area (Å²) < 4.78 is 4.87. The van der Waals surface area contributed by atoms with Crippen LogP contribution in [-0.2, 0) is 13.0 Å². The van der Waals surface area contributed by atoms with Crippen LogP contribution >= 0.6 is 0 Å². The minimum Gasteiger partial charge on any atom is -0.361 e. The van der Waals surface area contributed by atoms with E-state index in [0.717, 1.165) is 17.7 Å². The van der Waals surface area contributed by atoms with E-state index in [0.29, 0.717) is 6.54 Å². The van der Waals surface area contributed by atoms with Gasteiger partial charge in [0.2, 0.25) is 0 Å². The van der Waals surface area contributed by atoms with E-state index >= 15 is 0 Å². The van der Waals surface area contributed by atoms with Gasteiger partial charge in [-0.05, 0) is 0 Å². The molecule has 0 bridgehead atoms. The average molecular weight is 126 g/mol. The fourth-order valence-corrected chi connectivity index (χ4v) is 0.742. The lowest BCUT2D eigenvalue weighted by atomic mass is 10.2. The second-order valence-corrected chi connectivity index (χ2v) is 1.83. The predicted molar refractivity (Wildman–Crippen MR) is 33.8 cm³/mol. The highest BCUT2D eigenvalue weighted by molar-refractivity contribution is 5.12. The monoisotopic (exact) mass is 126 g/mol. The highest BCUT2D eigenvalue weighted by Gasteiger charge is 2.01. The van der Waals surface area contributed by atoms with Crippen LogP contribution in [0.1, 0.15) is 18.2 Å². The van der Waals surface area contributed by atoms with E-state index in [4.69, 9.17) is 10.3 Å². The molecule has 0 aromatic carbocycles. The van der Waals surface area contributed by atoms with E-state index in [1.54, 1.807) is 6.20 Å². The van der Waals surface area contributed by atoms with Crippen molar-refractivity contribution in [3.05, 3.63) is 17.5 Å². The van der Waals surface area contributed by atoms with Crippen molar-refractivity contribution in [2.24, 2.45) is 5.73 Å². The average Bonchev–Trinajstić information content (AvgIpc) is 2.33. The summed E-state index contributed by atoms with van der Waals surface area (Å²) >= 11 is 0. The van der Waals surface area contributed by atoms with Gasteiger partial charge in [0, 0.05) is 18.5 Å². The SMILES string of the molecule is CCc1oncc1CN. The molecule has 3 nitrogen and oxygen atoms in total. The van der Waals surface area contributed by atoms with Crippen molar-refractivity contribution in [3.8, 4) is 0 Å². The zero-order chi connectivity index (χ0) is 6.69. The molecule has 0 spiro atoms. The quantitative estimate of drug-likeness (QED) is 0.634. The van der Waals surface area contributed by atoms with Crippen LogP contribution in [0, 0.1) is 0 Å². The van der Waals surface area contributed by atoms with E-state index in [2.05, 4.69) is 5.16 Å². The van der Waals surface area contributed by atoms with Crippen LogP contribution in [0.5, 0.6) is 0 Å². The van der Waals surface area contributed by atoms with Gasteiger partial charge in [0.1, 0.15) is 5.76 Å². The Labute approximate surface area is 53.8 Å². The molecule has 0 fully saturated rings. The van der Waals surface area contributed by atoms with Crippen LogP contribution in [0.3, 0.4) is 0 Å². The first kappa shape index (κ1) is 6.29. The number of rotatable bonds is 2. The fourth-order valence-electron chi connectivity index (χ4n) is 0.742. The maximum atomic E-state index is 5.37. The third-order valence-corrected chi connectivity index (χ3v) is 1.27. The molecule has 0 radical (unpaired) electrons. The second-order valence-electron chi connectivity index (χ2n) is 1.83. The van der Waals surface area contributed by atoms with E-state index < -0.39 is 0 Å². The molecule has 3 heteroatoms. The molecule has 1 rings (SSSR count). The minimum absolute atomic E-state index is 0.521. The first-order valence-corrected chi connectivity index (χ1v) is 3.01. The van der Waals surface area contributed by atoms with E-state index in [1.165, 1.54) is 0 Å². The third kappa shape index (κ3) is 1.10. The Morgan fingerprint density at radius 3 is 3.00 bits per heavy atom. The molecule has 0 aliphatic carbocycles. The number of hydrogen-bond donors (Lipinski definition) is 1. The summed E-state index contributed by atoms with van der Waals surface area (Å²) in [7, 11) is 0. The Kier molecular flexibility index (Phi) is 1.85. The Bertz CT molecular complexity index is 164. The standard InChI is InChI=1S/C6H10N2O/c1-2-6-5(3-7)4-8-9-6/h4H,2-3,7H2,1H3. The van der Waals surface area contributed by atoms with Gasteiger partial charge in [-0.3, -0.25) is 0 Å². The van der Waals surface area contributed by atoms with Gasteiger partial charge in [-0.2, -0.15) is 0 Å². The van der Waals surface area contributed by atoms with Crippen molar-refractivity contribution < 1.29 is 4.52 Å². The number of aryl methyl sites for hydroxylation is 1. The zero-order valence-corrected chi connectivity index (χ0v) is 5.42. The van der Waals surface area contributed by atoms with Crippen molar-refractivity contribution >= 4 is 0 Å². The Hall–Kier alpha value is -0.830. The molecule has 9 heavy (non-hydrogen) atoms. The van der Waals surface area contributed by atoms with Crippen LogP contribution in [0.25, 0.3) is 0 Å². The van der Waals surface area contributed by atoms with Crippen LogP contribution < -0.4 is 5.73 Å². The van der Waals surface area contributed by atoms with Crippen molar-refractivity contribution in [1.29, 1.82) is 0 Å². The summed E-state index contributed by atoms with van der Waals surface area (Å²) in [5.74, 6) is 0.900. The molecule has 0 amide bonds. The first-order valence-electron chi connectivity index (χ1n) is 3.01. The summed E-state index contributed by atoms with van der Waals surface area (Å²) in [6.45, 7) is 2.53. The summed E-state index contributed by atoms with van der Waals surface area (Å²) in [5.41, 5.74) is 6.38. The van der Waals surface area contributed by atoms with Crippen LogP contribution in [0.4, 0.5) is 0 Å². The van der Waals surface area contributed by atoms with Gasteiger partial charge in [0.05, 0.1) is 6.20 Å².